The minimum Gasteiger partial charge on any atom is -0.396 e. The second-order valence-electron chi connectivity index (χ2n) is 7.26. The van der Waals surface area contributed by atoms with E-state index in [4.69, 9.17) is 0 Å². The lowest BCUT2D eigenvalue weighted by atomic mass is 9.96. The highest BCUT2D eigenvalue weighted by Crippen LogP contribution is 2.29. The summed E-state index contributed by atoms with van der Waals surface area (Å²) < 4.78 is 8.54. The standard InChI is InChI=1S/C24H24N4O2S/c29-16-8-15-28(17-22(30)25-20-13-7-14-21-23(20)27-31-26-21)24(18-9-3-1-4-10-18)19-11-5-2-6-12-19/h1-7,9-14,24,29H,8,15-17H2,(H,25,30). The molecular weight excluding hydrogens is 408 g/mol. The Kier molecular flexibility index (Phi) is 6.99. The maximum Gasteiger partial charge on any atom is 0.238 e. The summed E-state index contributed by atoms with van der Waals surface area (Å²) >= 11 is 1.13. The molecule has 4 rings (SSSR count). The van der Waals surface area contributed by atoms with Crippen LogP contribution >= 0.6 is 11.7 Å². The van der Waals surface area contributed by atoms with Crippen molar-refractivity contribution in [1.82, 2.24) is 13.6 Å². The summed E-state index contributed by atoms with van der Waals surface area (Å²) in [6.45, 7) is 0.835. The first-order chi connectivity index (χ1) is 15.3. The smallest absolute Gasteiger partial charge is 0.238 e. The molecule has 1 amide bonds. The summed E-state index contributed by atoms with van der Waals surface area (Å²) in [6, 6.07) is 25.8. The first-order valence-electron chi connectivity index (χ1n) is 10.2. The van der Waals surface area contributed by atoms with Gasteiger partial charge in [0, 0.05) is 13.2 Å². The minimum absolute atomic E-state index is 0.0677. The Bertz CT molecular complexity index is 1080. The molecule has 0 saturated heterocycles. The van der Waals surface area contributed by atoms with Crippen molar-refractivity contribution < 1.29 is 9.90 Å². The zero-order chi connectivity index (χ0) is 21.5. The third-order valence-electron chi connectivity index (χ3n) is 5.11. The Balaban J connectivity index is 1.61. The number of hydrogen-bond acceptors (Lipinski definition) is 6. The molecule has 0 fully saturated rings. The van der Waals surface area contributed by atoms with Gasteiger partial charge in [0.25, 0.3) is 0 Å². The number of nitrogens with one attached hydrogen (secondary N) is 1. The fourth-order valence-electron chi connectivity index (χ4n) is 3.74. The molecule has 6 nitrogen and oxygen atoms in total. The SMILES string of the molecule is O=C(CN(CCCO)C(c1ccccc1)c1ccccc1)Nc1cccc2nsnc12. The van der Waals surface area contributed by atoms with E-state index in [-0.39, 0.29) is 25.1 Å². The van der Waals surface area contributed by atoms with Gasteiger partial charge in [0.1, 0.15) is 11.0 Å². The number of anilines is 1. The number of aliphatic hydroxyl groups is 1. The molecule has 1 aromatic heterocycles. The molecule has 1 heterocycles. The van der Waals surface area contributed by atoms with E-state index in [0.29, 0.717) is 24.2 Å². The number of carbonyl (C=O) groups excluding carboxylic acids is 1. The van der Waals surface area contributed by atoms with Gasteiger partial charge >= 0.3 is 0 Å². The van der Waals surface area contributed by atoms with Gasteiger partial charge in [-0.05, 0) is 29.7 Å². The summed E-state index contributed by atoms with van der Waals surface area (Å²) in [5.41, 5.74) is 4.33. The molecule has 0 unspecified atom stereocenters. The lowest BCUT2D eigenvalue weighted by molar-refractivity contribution is -0.117. The average molecular weight is 433 g/mol. The number of carbonyl (C=O) groups is 1. The van der Waals surface area contributed by atoms with Gasteiger partial charge in [0.15, 0.2) is 0 Å². The van der Waals surface area contributed by atoms with Crippen molar-refractivity contribution in [3.05, 3.63) is 90.0 Å². The highest BCUT2D eigenvalue weighted by atomic mass is 32.1. The van der Waals surface area contributed by atoms with E-state index in [9.17, 15) is 9.90 Å². The first-order valence-corrected chi connectivity index (χ1v) is 10.9. The number of nitrogens with zero attached hydrogens (tertiary/aromatic N) is 3. The van der Waals surface area contributed by atoms with Gasteiger partial charge in [-0.25, -0.2) is 0 Å². The largest absolute Gasteiger partial charge is 0.396 e. The number of rotatable bonds is 9. The second-order valence-corrected chi connectivity index (χ2v) is 7.79. The second kappa shape index (κ2) is 10.3. The number of fused-ring (bicyclic) bond motifs is 1. The highest BCUT2D eigenvalue weighted by Gasteiger charge is 2.24. The van der Waals surface area contributed by atoms with E-state index in [1.54, 1.807) is 0 Å². The molecule has 158 valence electrons. The molecule has 2 N–H and O–H groups in total. The molecular formula is C24H24N4O2S. The molecule has 0 radical (unpaired) electrons. The van der Waals surface area contributed by atoms with Crippen LogP contribution in [-0.2, 0) is 4.79 Å². The molecule has 31 heavy (non-hydrogen) atoms. The van der Waals surface area contributed by atoms with Crippen molar-refractivity contribution in [2.24, 2.45) is 0 Å². The van der Waals surface area contributed by atoms with Crippen molar-refractivity contribution in [3.8, 4) is 0 Å². The summed E-state index contributed by atoms with van der Waals surface area (Å²) in [5, 5.41) is 12.5. The van der Waals surface area contributed by atoms with Crippen LogP contribution in [0.25, 0.3) is 11.0 Å². The number of amides is 1. The lowest BCUT2D eigenvalue weighted by Crippen LogP contribution is -2.38. The van der Waals surface area contributed by atoms with Gasteiger partial charge in [0.2, 0.25) is 5.91 Å². The Hall–Kier alpha value is -3.13. The third kappa shape index (κ3) is 5.14. The van der Waals surface area contributed by atoms with E-state index in [2.05, 4.69) is 43.2 Å². The molecule has 3 aromatic carbocycles. The van der Waals surface area contributed by atoms with E-state index in [0.717, 1.165) is 28.4 Å². The summed E-state index contributed by atoms with van der Waals surface area (Å²) in [6.07, 6.45) is 0.578. The Labute approximate surface area is 185 Å². The van der Waals surface area contributed by atoms with Crippen LogP contribution in [0.4, 0.5) is 5.69 Å². The van der Waals surface area contributed by atoms with E-state index in [1.165, 1.54) is 0 Å². The topological polar surface area (TPSA) is 78.4 Å². The summed E-state index contributed by atoms with van der Waals surface area (Å²) in [4.78, 5) is 15.2. The lowest BCUT2D eigenvalue weighted by Gasteiger charge is -2.32. The molecule has 0 spiro atoms. The Morgan fingerprint density at radius 2 is 1.61 bits per heavy atom. The monoisotopic (exact) mass is 432 g/mol. The molecule has 0 aliphatic rings. The molecule has 7 heteroatoms. The van der Waals surface area contributed by atoms with E-state index < -0.39 is 0 Å². The van der Waals surface area contributed by atoms with Crippen molar-refractivity contribution in [2.75, 3.05) is 25.0 Å². The van der Waals surface area contributed by atoms with Crippen molar-refractivity contribution in [1.29, 1.82) is 0 Å². The zero-order valence-corrected chi connectivity index (χ0v) is 17.8. The predicted molar refractivity (Wildman–Crippen MR) is 124 cm³/mol. The molecule has 0 aliphatic heterocycles. The van der Waals surface area contributed by atoms with Crippen molar-refractivity contribution in [3.63, 3.8) is 0 Å². The maximum absolute atomic E-state index is 13.1. The number of benzene rings is 3. The van der Waals surface area contributed by atoms with Gasteiger partial charge in [-0.1, -0.05) is 66.7 Å². The van der Waals surface area contributed by atoms with E-state index in [1.807, 2.05) is 54.6 Å². The van der Waals surface area contributed by atoms with Crippen LogP contribution in [-0.4, -0.2) is 44.4 Å². The van der Waals surface area contributed by atoms with Crippen LogP contribution in [0.1, 0.15) is 23.6 Å². The minimum atomic E-state index is -0.129. The molecule has 4 aromatic rings. The van der Waals surface area contributed by atoms with Crippen LogP contribution in [0.3, 0.4) is 0 Å². The Morgan fingerprint density at radius 1 is 0.935 bits per heavy atom. The van der Waals surface area contributed by atoms with Gasteiger partial charge in [-0.3, -0.25) is 9.69 Å². The van der Waals surface area contributed by atoms with Crippen molar-refractivity contribution >= 4 is 34.4 Å². The number of hydrogen-bond donors (Lipinski definition) is 2. The Morgan fingerprint density at radius 3 is 2.26 bits per heavy atom. The molecule has 0 saturated carbocycles. The van der Waals surface area contributed by atoms with Gasteiger partial charge in [-0.15, -0.1) is 0 Å². The van der Waals surface area contributed by atoms with Gasteiger partial charge in [-0.2, -0.15) is 8.75 Å². The fourth-order valence-corrected chi connectivity index (χ4v) is 4.29. The van der Waals surface area contributed by atoms with Crippen LogP contribution in [0, 0.1) is 0 Å². The van der Waals surface area contributed by atoms with E-state index >= 15 is 0 Å². The average Bonchev–Trinajstić information content (AvgIpc) is 3.29. The molecule has 0 aliphatic carbocycles. The number of aromatic nitrogens is 2. The summed E-state index contributed by atoms with van der Waals surface area (Å²) in [5.74, 6) is -0.129. The first kappa shape index (κ1) is 21.1. The molecule has 0 atom stereocenters. The fraction of sp³-hybridized carbons (Fsp3) is 0.208. The van der Waals surface area contributed by atoms with Crippen LogP contribution in [0.15, 0.2) is 78.9 Å². The van der Waals surface area contributed by atoms with Crippen molar-refractivity contribution in [2.45, 2.75) is 12.5 Å². The summed E-state index contributed by atoms with van der Waals surface area (Å²) in [7, 11) is 0. The van der Waals surface area contributed by atoms with Gasteiger partial charge < -0.3 is 10.4 Å². The number of aliphatic hydroxyl groups excluding tert-OH is 1. The third-order valence-corrected chi connectivity index (χ3v) is 5.65. The van der Waals surface area contributed by atoms with Crippen LogP contribution in [0.5, 0.6) is 0 Å². The molecule has 0 bridgehead atoms. The van der Waals surface area contributed by atoms with Gasteiger partial charge in [0.05, 0.1) is 30.0 Å². The maximum atomic E-state index is 13.1. The van der Waals surface area contributed by atoms with Crippen LogP contribution < -0.4 is 5.32 Å². The quantitative estimate of drug-likeness (QED) is 0.416. The predicted octanol–water partition coefficient (Wildman–Crippen LogP) is 4.10. The van der Waals surface area contributed by atoms with Crippen LogP contribution in [0.2, 0.25) is 0 Å². The zero-order valence-electron chi connectivity index (χ0n) is 17.0. The normalized spacial score (nSPS) is 11.3. The highest BCUT2D eigenvalue weighted by molar-refractivity contribution is 7.00.